The van der Waals surface area contributed by atoms with E-state index in [1.807, 2.05) is 21.1 Å². The summed E-state index contributed by atoms with van der Waals surface area (Å²) >= 11 is 1.09. The number of nitrogens with one attached hydrogen (secondary N) is 2. The topological polar surface area (TPSA) is 78.1 Å². The van der Waals surface area contributed by atoms with Gasteiger partial charge in [0.05, 0.1) is 51.2 Å². The van der Waals surface area contributed by atoms with Gasteiger partial charge in [0.25, 0.3) is 0 Å². The molecule has 0 unspecified atom stereocenters. The van der Waals surface area contributed by atoms with E-state index in [0.717, 1.165) is 28.4 Å². The van der Waals surface area contributed by atoms with Gasteiger partial charge in [0.1, 0.15) is 0 Å². The minimum absolute atomic E-state index is 0.0365. The maximum Gasteiger partial charge on any atom is 0.416 e. The van der Waals surface area contributed by atoms with Gasteiger partial charge in [-0.25, -0.2) is 14.7 Å². The predicted octanol–water partition coefficient (Wildman–Crippen LogP) is 4.07. The number of likely N-dealkylation sites (N-methyl/N-ethyl adjacent to an activating group) is 1. The second kappa shape index (κ2) is 9.13. The average molecular weight is 467 g/mol. The van der Waals surface area contributed by atoms with Gasteiger partial charge >= 0.3 is 12.2 Å². The molecule has 170 valence electrons. The molecule has 11 heteroatoms. The number of hydrogen-bond acceptors (Lipinski definition) is 4. The van der Waals surface area contributed by atoms with Gasteiger partial charge in [-0.15, -0.1) is 11.3 Å². The number of H-pyrrole nitrogens is 1. The maximum atomic E-state index is 13.3. The number of thiazole rings is 1. The van der Waals surface area contributed by atoms with Gasteiger partial charge in [-0.1, -0.05) is 6.07 Å². The molecule has 2 amide bonds. The van der Waals surface area contributed by atoms with E-state index < -0.39 is 17.8 Å². The van der Waals surface area contributed by atoms with Gasteiger partial charge < -0.3 is 14.8 Å². The third-order valence-electron chi connectivity index (χ3n) is 4.45. The molecular formula is C21H23F3N5O2S+. The highest BCUT2D eigenvalue weighted by Gasteiger charge is 2.32. The zero-order valence-electron chi connectivity index (χ0n) is 17.7. The summed E-state index contributed by atoms with van der Waals surface area (Å²) in [6.45, 7) is 0.947. The Morgan fingerprint density at radius 1 is 1.22 bits per heavy atom. The molecule has 2 N–H and O–H groups in total. The standard InChI is InChI=1S/C21H22F3N5O2S/c1-29(2,3)10-9-26-19(31)28(16-6-4-5-15(12-16)21(22,23)24)20-27-17(13-32-20)14-7-8-25-18(30)11-14/h4-8,11-13H,9-10H2,1-3H3,(H-,25,26,30,31)/p+1. The van der Waals surface area contributed by atoms with Crippen molar-refractivity contribution >= 4 is 28.2 Å². The summed E-state index contributed by atoms with van der Waals surface area (Å²) in [5, 5.41) is 4.58. The van der Waals surface area contributed by atoms with Crippen LogP contribution in [0.5, 0.6) is 0 Å². The molecule has 0 atom stereocenters. The molecule has 0 saturated carbocycles. The lowest BCUT2D eigenvalue weighted by atomic mass is 10.2. The van der Waals surface area contributed by atoms with Crippen LogP contribution < -0.4 is 15.8 Å². The highest BCUT2D eigenvalue weighted by molar-refractivity contribution is 7.14. The van der Waals surface area contributed by atoms with Crippen LogP contribution in [0.15, 0.2) is 52.8 Å². The van der Waals surface area contributed by atoms with Crippen LogP contribution in [0.25, 0.3) is 11.3 Å². The van der Waals surface area contributed by atoms with Crippen molar-refractivity contribution in [1.82, 2.24) is 15.3 Å². The number of carbonyl (C=O) groups excluding carboxylic acids is 1. The van der Waals surface area contributed by atoms with Gasteiger partial charge in [-0.05, 0) is 24.3 Å². The number of quaternary nitrogens is 1. The van der Waals surface area contributed by atoms with Gasteiger partial charge in [0.2, 0.25) is 5.56 Å². The van der Waals surface area contributed by atoms with Crippen molar-refractivity contribution < 1.29 is 22.4 Å². The first-order valence-electron chi connectivity index (χ1n) is 9.64. The predicted molar refractivity (Wildman–Crippen MR) is 118 cm³/mol. The number of hydrogen-bond donors (Lipinski definition) is 2. The summed E-state index contributed by atoms with van der Waals surface area (Å²) in [7, 11) is 5.89. The first-order chi connectivity index (χ1) is 14.9. The monoisotopic (exact) mass is 466 g/mol. The lowest BCUT2D eigenvalue weighted by Crippen LogP contribution is -2.45. The van der Waals surface area contributed by atoms with Crippen LogP contribution in [-0.4, -0.2) is 54.7 Å². The molecule has 7 nitrogen and oxygen atoms in total. The summed E-state index contributed by atoms with van der Waals surface area (Å²) in [5.74, 6) is 0. The molecule has 3 aromatic rings. The van der Waals surface area contributed by atoms with Crippen LogP contribution in [-0.2, 0) is 6.18 Å². The molecule has 2 heterocycles. The van der Waals surface area contributed by atoms with Gasteiger partial charge in [0.15, 0.2) is 5.13 Å². The van der Waals surface area contributed by atoms with Crippen molar-refractivity contribution in [3.8, 4) is 11.3 Å². The molecule has 0 radical (unpaired) electrons. The lowest BCUT2D eigenvalue weighted by molar-refractivity contribution is -0.869. The van der Waals surface area contributed by atoms with E-state index >= 15 is 0 Å². The highest BCUT2D eigenvalue weighted by atomic mass is 32.1. The number of benzene rings is 1. The van der Waals surface area contributed by atoms with Crippen molar-refractivity contribution in [2.45, 2.75) is 6.18 Å². The fraction of sp³-hybridized carbons (Fsp3) is 0.286. The second-order valence-electron chi connectivity index (χ2n) is 8.09. The Hall–Kier alpha value is -3.18. The third-order valence-corrected chi connectivity index (χ3v) is 5.27. The van der Waals surface area contributed by atoms with E-state index in [4.69, 9.17) is 0 Å². The molecule has 32 heavy (non-hydrogen) atoms. The van der Waals surface area contributed by atoms with Crippen LogP contribution in [0.3, 0.4) is 0 Å². The lowest BCUT2D eigenvalue weighted by Gasteiger charge is -2.25. The first kappa shape index (κ1) is 23.5. The van der Waals surface area contributed by atoms with Gasteiger partial charge in [0, 0.05) is 23.2 Å². The summed E-state index contributed by atoms with van der Waals surface area (Å²) in [6.07, 6.45) is -3.08. The molecular weight excluding hydrogens is 443 g/mol. The van der Waals surface area contributed by atoms with Crippen molar-refractivity contribution in [1.29, 1.82) is 0 Å². The number of anilines is 2. The van der Waals surface area contributed by atoms with Crippen molar-refractivity contribution in [2.24, 2.45) is 0 Å². The largest absolute Gasteiger partial charge is 0.416 e. The SMILES string of the molecule is C[N+](C)(C)CCNC(=O)N(c1cccc(C(F)(F)F)c1)c1nc(-c2cc[nH]c(=O)c2)cs1. The number of aromatic amines is 1. The second-order valence-corrected chi connectivity index (χ2v) is 8.92. The van der Waals surface area contributed by atoms with Crippen molar-refractivity contribution in [3.05, 3.63) is 63.9 Å². The minimum Gasteiger partial charge on any atom is -0.332 e. The summed E-state index contributed by atoms with van der Waals surface area (Å²) in [6, 6.07) is 6.93. The first-order valence-corrected chi connectivity index (χ1v) is 10.5. The molecule has 2 aromatic heterocycles. The Bertz CT molecular complexity index is 1150. The van der Waals surface area contributed by atoms with Crippen LogP contribution in [0.2, 0.25) is 0 Å². The van der Waals surface area contributed by atoms with E-state index in [1.165, 1.54) is 24.4 Å². The number of halogens is 3. The van der Waals surface area contributed by atoms with E-state index in [9.17, 15) is 22.8 Å². The number of alkyl halides is 3. The quantitative estimate of drug-likeness (QED) is 0.538. The number of urea groups is 1. The minimum atomic E-state index is -4.55. The fourth-order valence-corrected chi connectivity index (χ4v) is 3.67. The molecule has 0 spiro atoms. The van der Waals surface area contributed by atoms with Crippen molar-refractivity contribution in [2.75, 3.05) is 39.1 Å². The Balaban J connectivity index is 1.98. The Morgan fingerprint density at radius 3 is 2.62 bits per heavy atom. The molecule has 0 bridgehead atoms. The molecule has 0 aliphatic carbocycles. The van der Waals surface area contributed by atoms with Crippen molar-refractivity contribution in [3.63, 3.8) is 0 Å². The Kier molecular flexibility index (Phi) is 6.70. The zero-order valence-corrected chi connectivity index (χ0v) is 18.5. The Morgan fingerprint density at radius 2 is 1.97 bits per heavy atom. The van der Waals surface area contributed by atoms with Crippen LogP contribution in [0.4, 0.5) is 28.8 Å². The average Bonchev–Trinajstić information content (AvgIpc) is 3.16. The van der Waals surface area contributed by atoms with Gasteiger partial charge in [-0.2, -0.15) is 13.2 Å². The molecule has 3 rings (SSSR count). The smallest absolute Gasteiger partial charge is 0.332 e. The number of pyridine rings is 1. The molecule has 0 fully saturated rings. The normalized spacial score (nSPS) is 11.9. The molecule has 0 aliphatic heterocycles. The number of rotatable bonds is 6. The van der Waals surface area contributed by atoms with E-state index in [2.05, 4.69) is 15.3 Å². The molecule has 0 saturated heterocycles. The van der Waals surface area contributed by atoms with Crippen LogP contribution in [0.1, 0.15) is 5.56 Å². The number of carbonyl (C=O) groups is 1. The maximum absolute atomic E-state index is 13.3. The summed E-state index contributed by atoms with van der Waals surface area (Å²) in [5.41, 5.74) is -0.178. The highest BCUT2D eigenvalue weighted by Crippen LogP contribution is 2.36. The summed E-state index contributed by atoms with van der Waals surface area (Å²) < 4.78 is 40.4. The summed E-state index contributed by atoms with van der Waals surface area (Å²) in [4.78, 5) is 32.7. The fourth-order valence-electron chi connectivity index (χ4n) is 2.82. The number of aromatic nitrogens is 2. The van der Waals surface area contributed by atoms with Gasteiger partial charge in [-0.3, -0.25) is 4.79 Å². The number of nitrogens with zero attached hydrogens (tertiary/aromatic N) is 3. The molecule has 0 aliphatic rings. The molecule has 1 aromatic carbocycles. The van der Waals surface area contributed by atoms with Crippen LogP contribution >= 0.6 is 11.3 Å². The van der Waals surface area contributed by atoms with E-state index in [-0.39, 0.29) is 16.4 Å². The van der Waals surface area contributed by atoms with Crippen LogP contribution in [0, 0.1) is 0 Å². The zero-order chi connectivity index (χ0) is 23.5. The Labute approximate surface area is 186 Å². The third kappa shape index (κ3) is 5.95. The van der Waals surface area contributed by atoms with E-state index in [0.29, 0.717) is 28.8 Å². The van der Waals surface area contributed by atoms with E-state index in [1.54, 1.807) is 11.4 Å². The number of amides is 2.